The number of amides is 1. The fourth-order valence-corrected chi connectivity index (χ4v) is 6.28. The van der Waals surface area contributed by atoms with Gasteiger partial charge in [-0.1, -0.05) is 31.4 Å². The third-order valence-corrected chi connectivity index (χ3v) is 9.08. The van der Waals surface area contributed by atoms with Gasteiger partial charge < -0.3 is 37.0 Å². The van der Waals surface area contributed by atoms with Crippen LogP contribution in [0, 0.1) is 0 Å². The van der Waals surface area contributed by atoms with Crippen LogP contribution >= 0.6 is 0 Å². The molecule has 0 unspecified atom stereocenters. The van der Waals surface area contributed by atoms with Crippen LogP contribution in [0.1, 0.15) is 76.5 Å². The molecule has 7 N–H and O–H groups in total. The summed E-state index contributed by atoms with van der Waals surface area (Å²) in [5.41, 5.74) is 6.38. The molecule has 0 spiro atoms. The molecule has 1 amide bonds. The molecule has 15 nitrogen and oxygen atoms in total. The first-order valence-corrected chi connectivity index (χ1v) is 17.2. The second kappa shape index (κ2) is 17.8. The van der Waals surface area contributed by atoms with Gasteiger partial charge in [0, 0.05) is 43.5 Å². The minimum atomic E-state index is -1.09. The molecule has 1 aromatic carbocycles. The van der Waals surface area contributed by atoms with E-state index < -0.39 is 12.0 Å². The number of carboxylic acids is 1. The number of fused-ring (bicyclic) bond motifs is 1. The lowest BCUT2D eigenvalue weighted by Crippen LogP contribution is -2.43. The molecule has 1 aliphatic heterocycles. The van der Waals surface area contributed by atoms with Gasteiger partial charge in [-0.05, 0) is 87.1 Å². The van der Waals surface area contributed by atoms with Gasteiger partial charge in [-0.15, -0.1) is 5.10 Å². The van der Waals surface area contributed by atoms with Crippen LogP contribution in [-0.2, 0) is 22.7 Å². The van der Waals surface area contributed by atoms with Crippen molar-refractivity contribution >= 4 is 34.5 Å². The predicted molar refractivity (Wildman–Crippen MR) is 180 cm³/mol. The van der Waals surface area contributed by atoms with Crippen LogP contribution in [0.3, 0.4) is 0 Å². The van der Waals surface area contributed by atoms with Crippen LogP contribution < -0.4 is 27.0 Å². The van der Waals surface area contributed by atoms with Crippen LogP contribution in [0.2, 0.25) is 0 Å². The molecule has 1 atom stereocenters. The second-order valence-corrected chi connectivity index (χ2v) is 12.6. The molecule has 2 aliphatic rings. The zero-order valence-electron chi connectivity index (χ0n) is 27.2. The number of anilines is 2. The SMILES string of the molecule is N[C@@H](CCC(=O)N1CCC(Nc2nc(NCc3nnnn3CCCNCCCNC3CCCCC3)nc3ccccc23)CC1)C(=O)O. The maximum atomic E-state index is 12.6. The van der Waals surface area contributed by atoms with E-state index in [1.54, 1.807) is 4.90 Å². The number of nitrogens with zero attached hydrogens (tertiary/aromatic N) is 7. The highest BCUT2D eigenvalue weighted by molar-refractivity contribution is 5.90. The Morgan fingerprint density at radius 1 is 0.979 bits per heavy atom. The molecule has 15 heteroatoms. The number of para-hydroxylation sites is 1. The molecule has 1 aliphatic carbocycles. The van der Waals surface area contributed by atoms with Crippen LogP contribution in [0.5, 0.6) is 0 Å². The number of benzene rings is 1. The maximum absolute atomic E-state index is 12.6. The molecule has 3 heterocycles. The van der Waals surface area contributed by atoms with Gasteiger partial charge in [0.2, 0.25) is 11.9 Å². The summed E-state index contributed by atoms with van der Waals surface area (Å²) in [7, 11) is 0. The quantitative estimate of drug-likeness (QED) is 0.109. The van der Waals surface area contributed by atoms with Gasteiger partial charge >= 0.3 is 5.97 Å². The number of hydrogen-bond donors (Lipinski definition) is 6. The molecule has 1 saturated carbocycles. The first-order chi connectivity index (χ1) is 23.0. The lowest BCUT2D eigenvalue weighted by Gasteiger charge is -2.33. The van der Waals surface area contributed by atoms with E-state index in [9.17, 15) is 9.59 Å². The standard InChI is InChI=1S/C32H50N12O3/c33-26(31(46)47)12-13-29(45)43-20-14-24(15-21-43)37-30-25-10-4-5-11-27(25)38-32(39-30)36-22-28-40-41-42-44(28)19-7-17-34-16-6-18-35-23-8-2-1-3-9-23/h4-5,10-11,23-24,26,34-35H,1-3,6-9,12-22,33H2,(H,46,47)(H2,36,37,38,39)/t26-/m0/s1. The average Bonchev–Trinajstić information content (AvgIpc) is 3.55. The Hall–Kier alpha value is -3.95. The Morgan fingerprint density at radius 3 is 2.57 bits per heavy atom. The number of rotatable bonds is 18. The smallest absolute Gasteiger partial charge is 0.320 e. The number of likely N-dealkylation sites (tertiary alicyclic amines) is 1. The number of nitrogens with two attached hydrogens (primary N) is 1. The van der Waals surface area contributed by atoms with E-state index in [-0.39, 0.29) is 24.8 Å². The third kappa shape index (κ3) is 10.5. The van der Waals surface area contributed by atoms with Crippen molar-refractivity contribution in [2.24, 2.45) is 5.73 Å². The van der Waals surface area contributed by atoms with Crippen LogP contribution in [-0.4, -0.2) is 103 Å². The van der Waals surface area contributed by atoms with Crippen molar-refractivity contribution in [2.75, 3.05) is 43.4 Å². The van der Waals surface area contributed by atoms with Crippen molar-refractivity contribution < 1.29 is 14.7 Å². The minimum absolute atomic E-state index is 0.0599. The number of tetrazole rings is 1. The third-order valence-electron chi connectivity index (χ3n) is 9.08. The second-order valence-electron chi connectivity index (χ2n) is 12.6. The first kappa shape index (κ1) is 34.4. The summed E-state index contributed by atoms with van der Waals surface area (Å²) >= 11 is 0. The molecule has 5 rings (SSSR count). The lowest BCUT2D eigenvalue weighted by atomic mass is 9.95. The van der Waals surface area contributed by atoms with Gasteiger partial charge in [-0.3, -0.25) is 9.59 Å². The van der Waals surface area contributed by atoms with E-state index in [1.807, 2.05) is 28.9 Å². The predicted octanol–water partition coefficient (Wildman–Crippen LogP) is 2.12. The highest BCUT2D eigenvalue weighted by atomic mass is 16.4. The molecule has 0 radical (unpaired) electrons. The Bertz CT molecular complexity index is 1420. The number of aryl methyl sites for hydroxylation is 1. The minimum Gasteiger partial charge on any atom is -0.480 e. The lowest BCUT2D eigenvalue weighted by molar-refractivity contribution is -0.139. The number of aliphatic carboxylic acids is 1. The van der Waals surface area contributed by atoms with Gasteiger partial charge in [0.15, 0.2) is 5.82 Å². The average molecular weight is 651 g/mol. The maximum Gasteiger partial charge on any atom is 0.320 e. The largest absolute Gasteiger partial charge is 0.480 e. The van der Waals surface area contributed by atoms with E-state index >= 15 is 0 Å². The molecule has 256 valence electrons. The number of aromatic nitrogens is 6. The van der Waals surface area contributed by atoms with Crippen LogP contribution in [0.25, 0.3) is 10.9 Å². The zero-order chi connectivity index (χ0) is 32.8. The Labute approximate surface area is 275 Å². The summed E-state index contributed by atoms with van der Waals surface area (Å²) in [6.07, 6.45) is 10.6. The van der Waals surface area contributed by atoms with Crippen molar-refractivity contribution in [1.29, 1.82) is 0 Å². The summed E-state index contributed by atoms with van der Waals surface area (Å²) < 4.78 is 1.82. The highest BCUT2D eigenvalue weighted by Crippen LogP contribution is 2.25. The number of carbonyl (C=O) groups is 2. The zero-order valence-corrected chi connectivity index (χ0v) is 27.2. The van der Waals surface area contributed by atoms with E-state index in [0.717, 1.165) is 68.6 Å². The van der Waals surface area contributed by atoms with Gasteiger partial charge in [0.05, 0.1) is 12.1 Å². The number of piperidine rings is 1. The van der Waals surface area contributed by atoms with Gasteiger partial charge in [0.25, 0.3) is 0 Å². The van der Waals surface area contributed by atoms with Crippen molar-refractivity contribution in [3.63, 3.8) is 0 Å². The molecule has 47 heavy (non-hydrogen) atoms. The molecule has 0 bridgehead atoms. The Kier molecular flexibility index (Phi) is 13.0. The summed E-state index contributed by atoms with van der Waals surface area (Å²) in [6, 6.07) is 7.68. The van der Waals surface area contributed by atoms with Gasteiger partial charge in [-0.25, -0.2) is 9.67 Å². The topological polar surface area (TPSA) is 201 Å². The number of hydrogen-bond acceptors (Lipinski definition) is 12. The van der Waals surface area contributed by atoms with Crippen LogP contribution in [0.15, 0.2) is 24.3 Å². The van der Waals surface area contributed by atoms with Crippen LogP contribution in [0.4, 0.5) is 11.8 Å². The van der Waals surface area contributed by atoms with Gasteiger partial charge in [0.1, 0.15) is 11.9 Å². The summed E-state index contributed by atoms with van der Waals surface area (Å²) in [5.74, 6) is 0.780. The number of carboxylic acid groups (broad SMARTS) is 1. The summed E-state index contributed by atoms with van der Waals surface area (Å²) in [5, 5.41) is 36.3. The number of nitrogens with one attached hydrogen (secondary N) is 4. The Balaban J connectivity index is 1.06. The fraction of sp³-hybridized carbons (Fsp3) is 0.656. The fourth-order valence-electron chi connectivity index (χ4n) is 6.28. The monoisotopic (exact) mass is 650 g/mol. The van der Waals surface area contributed by atoms with Crippen molar-refractivity contribution in [2.45, 2.75) is 102 Å². The molecule has 2 fully saturated rings. The molecular formula is C32H50N12O3. The van der Waals surface area contributed by atoms with Crippen molar-refractivity contribution in [3.8, 4) is 0 Å². The molecular weight excluding hydrogens is 600 g/mol. The Morgan fingerprint density at radius 2 is 1.77 bits per heavy atom. The van der Waals surface area contributed by atoms with E-state index in [0.29, 0.717) is 37.4 Å². The van der Waals surface area contributed by atoms with E-state index in [4.69, 9.17) is 20.8 Å². The van der Waals surface area contributed by atoms with E-state index in [1.165, 1.54) is 32.1 Å². The van der Waals surface area contributed by atoms with Crippen molar-refractivity contribution in [1.82, 2.24) is 45.7 Å². The summed E-state index contributed by atoms with van der Waals surface area (Å²) in [6.45, 7) is 5.26. The normalized spacial score (nSPS) is 16.7. The molecule has 1 saturated heterocycles. The highest BCUT2D eigenvalue weighted by Gasteiger charge is 2.25. The van der Waals surface area contributed by atoms with Crippen molar-refractivity contribution in [3.05, 3.63) is 30.1 Å². The van der Waals surface area contributed by atoms with Gasteiger partial charge in [-0.2, -0.15) is 4.98 Å². The molecule has 2 aromatic heterocycles. The summed E-state index contributed by atoms with van der Waals surface area (Å²) in [4.78, 5) is 34.9. The number of carbonyl (C=O) groups excluding carboxylic acids is 1. The van der Waals surface area contributed by atoms with E-state index in [2.05, 4.69) is 36.8 Å². The molecule has 3 aromatic rings. The first-order valence-electron chi connectivity index (χ1n) is 17.2.